The van der Waals surface area contributed by atoms with E-state index in [1.165, 1.54) is 12.1 Å². The van der Waals surface area contributed by atoms with Gasteiger partial charge in [0.1, 0.15) is 0 Å². The third kappa shape index (κ3) is 2.78. The maximum atomic E-state index is 12.7. The van der Waals surface area contributed by atoms with Crippen LogP contribution in [0.25, 0.3) is 0 Å². The van der Waals surface area contributed by atoms with Gasteiger partial charge in [0.15, 0.2) is 0 Å². The molecule has 100 valence electrons. The topological polar surface area (TPSA) is 34.1 Å². The van der Waals surface area contributed by atoms with E-state index >= 15 is 0 Å². The highest BCUT2D eigenvalue weighted by molar-refractivity contribution is 7.91. The van der Waals surface area contributed by atoms with Gasteiger partial charge in [-0.1, -0.05) is 35.3 Å². The summed E-state index contributed by atoms with van der Waals surface area (Å²) in [5.41, 5.74) is 1.31. The smallest absolute Gasteiger partial charge is 0.207 e. The van der Waals surface area contributed by atoms with Gasteiger partial charge in [-0.05, 0) is 49.2 Å². The second-order valence-electron chi connectivity index (χ2n) is 4.32. The zero-order chi connectivity index (χ0) is 14.2. The zero-order valence-electron chi connectivity index (χ0n) is 10.4. The molecule has 2 aromatic rings. The summed E-state index contributed by atoms with van der Waals surface area (Å²) < 4.78 is 25.3. The first-order valence-corrected chi connectivity index (χ1v) is 7.83. The Labute approximate surface area is 122 Å². The van der Waals surface area contributed by atoms with Crippen LogP contribution in [0.3, 0.4) is 0 Å². The van der Waals surface area contributed by atoms with E-state index in [9.17, 15) is 8.42 Å². The van der Waals surface area contributed by atoms with E-state index in [2.05, 4.69) is 0 Å². The van der Waals surface area contributed by atoms with Gasteiger partial charge < -0.3 is 0 Å². The molecule has 2 rings (SSSR count). The highest BCUT2D eigenvalue weighted by atomic mass is 35.5. The Kier molecular flexibility index (Phi) is 3.90. The van der Waals surface area contributed by atoms with Crippen LogP contribution in [0.5, 0.6) is 0 Å². The van der Waals surface area contributed by atoms with Crippen LogP contribution in [0.2, 0.25) is 10.0 Å². The molecule has 0 spiro atoms. The number of benzene rings is 2. The van der Waals surface area contributed by atoms with Crippen LogP contribution in [0.15, 0.2) is 46.2 Å². The van der Waals surface area contributed by atoms with E-state index in [1.807, 2.05) is 0 Å². The van der Waals surface area contributed by atoms with Crippen molar-refractivity contribution in [3.8, 4) is 0 Å². The fraction of sp³-hybridized carbons (Fsp3) is 0.143. The quantitative estimate of drug-likeness (QED) is 0.821. The molecule has 19 heavy (non-hydrogen) atoms. The van der Waals surface area contributed by atoms with Gasteiger partial charge >= 0.3 is 0 Å². The van der Waals surface area contributed by atoms with Gasteiger partial charge in [0.25, 0.3) is 0 Å². The maximum absolute atomic E-state index is 12.7. The second kappa shape index (κ2) is 5.16. The van der Waals surface area contributed by atoms with E-state index in [-0.39, 0.29) is 9.79 Å². The molecule has 0 heterocycles. The predicted molar refractivity (Wildman–Crippen MR) is 77.8 cm³/mol. The molecule has 0 unspecified atom stereocenters. The molecule has 0 saturated heterocycles. The van der Waals surface area contributed by atoms with Crippen LogP contribution >= 0.6 is 23.2 Å². The largest absolute Gasteiger partial charge is 0.218 e. The first-order chi connectivity index (χ1) is 8.82. The summed E-state index contributed by atoms with van der Waals surface area (Å²) in [4.78, 5) is 0.427. The van der Waals surface area contributed by atoms with E-state index in [0.29, 0.717) is 21.2 Å². The minimum atomic E-state index is -3.61. The molecule has 2 nitrogen and oxygen atoms in total. The Morgan fingerprint density at radius 3 is 1.53 bits per heavy atom. The molecule has 0 aliphatic heterocycles. The second-order valence-corrected chi connectivity index (χ2v) is 7.08. The standard InChI is InChI=1S/C14H12Cl2O2S/c1-9-3-5-11(15)7-13(9)19(17,18)14-8-12(16)6-4-10(14)2/h3-8H,1-2H3. The van der Waals surface area contributed by atoms with Crippen LogP contribution in [-0.4, -0.2) is 8.42 Å². The summed E-state index contributed by atoms with van der Waals surface area (Å²) in [5, 5.41) is 0.785. The van der Waals surface area contributed by atoms with Crippen molar-refractivity contribution in [2.75, 3.05) is 0 Å². The van der Waals surface area contributed by atoms with Gasteiger partial charge in [0, 0.05) is 10.0 Å². The van der Waals surface area contributed by atoms with Crippen molar-refractivity contribution in [2.24, 2.45) is 0 Å². The molecule has 0 radical (unpaired) electrons. The number of halogens is 2. The van der Waals surface area contributed by atoms with Gasteiger partial charge in [0.2, 0.25) is 9.84 Å². The highest BCUT2D eigenvalue weighted by Gasteiger charge is 2.22. The number of rotatable bonds is 2. The van der Waals surface area contributed by atoms with Crippen LogP contribution in [0, 0.1) is 13.8 Å². The van der Waals surface area contributed by atoms with Crippen molar-refractivity contribution in [3.05, 3.63) is 57.6 Å². The molecule has 0 bridgehead atoms. The normalized spacial score (nSPS) is 11.6. The summed E-state index contributed by atoms with van der Waals surface area (Å²) in [5.74, 6) is 0. The van der Waals surface area contributed by atoms with Crippen molar-refractivity contribution in [1.29, 1.82) is 0 Å². The SMILES string of the molecule is Cc1ccc(Cl)cc1S(=O)(=O)c1cc(Cl)ccc1C. The zero-order valence-corrected chi connectivity index (χ0v) is 12.8. The fourth-order valence-corrected chi connectivity index (χ4v) is 4.10. The molecule has 2 aromatic carbocycles. The van der Waals surface area contributed by atoms with Crippen molar-refractivity contribution < 1.29 is 8.42 Å². The number of hydrogen-bond acceptors (Lipinski definition) is 2. The molecule has 0 N–H and O–H groups in total. The summed E-state index contributed by atoms with van der Waals surface area (Å²) in [6.07, 6.45) is 0. The molecule has 0 fully saturated rings. The van der Waals surface area contributed by atoms with Gasteiger partial charge in [-0.3, -0.25) is 0 Å². The van der Waals surface area contributed by atoms with Gasteiger partial charge in [-0.25, -0.2) is 8.42 Å². The Balaban J connectivity index is 2.72. The van der Waals surface area contributed by atoms with Gasteiger partial charge in [-0.15, -0.1) is 0 Å². The lowest BCUT2D eigenvalue weighted by molar-refractivity contribution is 0.595. The van der Waals surface area contributed by atoms with Crippen molar-refractivity contribution in [1.82, 2.24) is 0 Å². The molecule has 0 aliphatic rings. The maximum Gasteiger partial charge on any atom is 0.207 e. The Morgan fingerprint density at radius 2 is 1.16 bits per heavy atom. The third-order valence-electron chi connectivity index (χ3n) is 2.88. The monoisotopic (exact) mass is 314 g/mol. The van der Waals surface area contributed by atoms with Crippen molar-refractivity contribution >= 4 is 33.0 Å². The number of aryl methyl sites for hydroxylation is 2. The van der Waals surface area contributed by atoms with E-state index in [1.54, 1.807) is 38.1 Å². The third-order valence-corrected chi connectivity index (χ3v) is 5.39. The average Bonchev–Trinajstić information content (AvgIpc) is 2.35. The molecular formula is C14H12Cl2O2S. The van der Waals surface area contributed by atoms with Crippen LogP contribution in [0.1, 0.15) is 11.1 Å². The first-order valence-electron chi connectivity index (χ1n) is 5.60. The lowest BCUT2D eigenvalue weighted by atomic mass is 10.2. The summed E-state index contributed by atoms with van der Waals surface area (Å²) in [6.45, 7) is 3.48. The Morgan fingerprint density at radius 1 is 0.789 bits per heavy atom. The average molecular weight is 315 g/mol. The number of sulfone groups is 1. The summed E-state index contributed by atoms with van der Waals surface area (Å²) in [7, 11) is -3.61. The lowest BCUT2D eigenvalue weighted by Crippen LogP contribution is -2.06. The predicted octanol–water partition coefficient (Wildman–Crippen LogP) is 4.44. The molecule has 0 amide bonds. The minimum Gasteiger partial charge on any atom is -0.218 e. The minimum absolute atomic E-state index is 0.213. The van der Waals surface area contributed by atoms with Crippen molar-refractivity contribution in [2.45, 2.75) is 23.6 Å². The highest BCUT2D eigenvalue weighted by Crippen LogP contribution is 2.30. The van der Waals surface area contributed by atoms with Crippen molar-refractivity contribution in [3.63, 3.8) is 0 Å². The molecule has 0 atom stereocenters. The summed E-state index contributed by atoms with van der Waals surface area (Å²) in [6, 6.07) is 9.64. The van der Waals surface area contributed by atoms with Gasteiger partial charge in [-0.2, -0.15) is 0 Å². The molecule has 0 saturated carbocycles. The van der Waals surface area contributed by atoms with Crippen LogP contribution in [-0.2, 0) is 9.84 Å². The first kappa shape index (κ1) is 14.4. The van der Waals surface area contributed by atoms with E-state index in [4.69, 9.17) is 23.2 Å². The summed E-state index contributed by atoms with van der Waals surface area (Å²) >= 11 is 11.8. The lowest BCUT2D eigenvalue weighted by Gasteiger charge is -2.11. The van der Waals surface area contributed by atoms with Gasteiger partial charge in [0.05, 0.1) is 9.79 Å². The molecular weight excluding hydrogens is 303 g/mol. The fourth-order valence-electron chi connectivity index (χ4n) is 1.85. The van der Waals surface area contributed by atoms with E-state index < -0.39 is 9.84 Å². The molecule has 5 heteroatoms. The van der Waals surface area contributed by atoms with Crippen LogP contribution < -0.4 is 0 Å². The molecule has 0 aliphatic carbocycles. The Hall–Kier alpha value is -1.03. The Bertz CT molecular complexity index is 680. The molecule has 0 aromatic heterocycles. The van der Waals surface area contributed by atoms with E-state index in [0.717, 1.165) is 0 Å². The van der Waals surface area contributed by atoms with Crippen LogP contribution in [0.4, 0.5) is 0 Å². The number of hydrogen-bond donors (Lipinski definition) is 0.